The average Bonchev–Trinajstić information content (AvgIpc) is 3.12. The number of carbonyl (C=O) groups is 1. The Morgan fingerprint density at radius 1 is 1.35 bits per heavy atom. The van der Waals surface area contributed by atoms with Gasteiger partial charge in [-0.3, -0.25) is 4.79 Å². The third-order valence-electron chi connectivity index (χ3n) is 3.94. The molecule has 1 N–H and O–H groups in total. The summed E-state index contributed by atoms with van der Waals surface area (Å²) >= 11 is 0. The second kappa shape index (κ2) is 5.65. The first-order valence-corrected chi connectivity index (χ1v) is 7.56. The zero-order valence-electron chi connectivity index (χ0n) is 12.0. The zero-order valence-corrected chi connectivity index (χ0v) is 12.0. The molecule has 20 heavy (non-hydrogen) atoms. The maximum Gasteiger partial charge on any atom is 0.253 e. The van der Waals surface area contributed by atoms with Crippen LogP contribution in [0.4, 0.5) is 0 Å². The molecule has 106 valence electrons. The highest BCUT2D eigenvalue weighted by molar-refractivity contribution is 5.97. The Hall–Kier alpha value is -1.84. The van der Waals surface area contributed by atoms with Gasteiger partial charge in [0.05, 0.1) is 11.0 Å². The van der Waals surface area contributed by atoms with Gasteiger partial charge in [-0.1, -0.05) is 13.3 Å². The van der Waals surface area contributed by atoms with Crippen LogP contribution >= 0.6 is 0 Å². The van der Waals surface area contributed by atoms with E-state index >= 15 is 0 Å². The molecule has 4 heteroatoms. The summed E-state index contributed by atoms with van der Waals surface area (Å²) in [5.41, 5.74) is 2.69. The predicted octanol–water partition coefficient (Wildman–Crippen LogP) is 3.14. The van der Waals surface area contributed by atoms with Crippen molar-refractivity contribution in [3.8, 4) is 0 Å². The number of aromatic nitrogens is 2. The van der Waals surface area contributed by atoms with Gasteiger partial charge in [-0.05, 0) is 37.5 Å². The molecule has 1 fully saturated rings. The fourth-order valence-electron chi connectivity index (χ4n) is 2.76. The number of rotatable bonds is 4. The maximum atomic E-state index is 12.4. The lowest BCUT2D eigenvalue weighted by molar-refractivity contribution is 0.0793. The van der Waals surface area contributed by atoms with Crippen LogP contribution in [0.25, 0.3) is 11.0 Å². The summed E-state index contributed by atoms with van der Waals surface area (Å²) in [7, 11) is 0. The van der Waals surface area contributed by atoms with Crippen LogP contribution in [0.5, 0.6) is 0 Å². The van der Waals surface area contributed by atoms with Crippen molar-refractivity contribution in [2.24, 2.45) is 0 Å². The first-order chi connectivity index (χ1) is 9.78. The van der Waals surface area contributed by atoms with Crippen LogP contribution in [0.3, 0.4) is 0 Å². The summed E-state index contributed by atoms with van der Waals surface area (Å²) < 4.78 is 0. The Kier molecular flexibility index (Phi) is 3.72. The summed E-state index contributed by atoms with van der Waals surface area (Å²) in [6.45, 7) is 3.96. The molecule has 0 atom stereocenters. The van der Waals surface area contributed by atoms with Crippen molar-refractivity contribution in [3.63, 3.8) is 0 Å². The summed E-state index contributed by atoms with van der Waals surface area (Å²) in [6.07, 6.45) is 5.52. The van der Waals surface area contributed by atoms with Crippen molar-refractivity contribution in [1.29, 1.82) is 0 Å². The molecule has 2 aromatic rings. The topological polar surface area (TPSA) is 49.0 Å². The number of carbonyl (C=O) groups excluding carboxylic acids is 1. The van der Waals surface area contributed by atoms with Crippen molar-refractivity contribution >= 4 is 16.9 Å². The Balaban J connectivity index is 1.84. The van der Waals surface area contributed by atoms with E-state index in [1.807, 2.05) is 23.1 Å². The third-order valence-corrected chi connectivity index (χ3v) is 3.94. The first-order valence-electron chi connectivity index (χ1n) is 7.56. The van der Waals surface area contributed by atoms with E-state index in [1.165, 1.54) is 0 Å². The second-order valence-electron chi connectivity index (χ2n) is 5.52. The summed E-state index contributed by atoms with van der Waals surface area (Å²) in [5, 5.41) is 0. The Morgan fingerprint density at radius 2 is 2.15 bits per heavy atom. The number of hydrogen-bond acceptors (Lipinski definition) is 2. The molecule has 1 aromatic carbocycles. The minimum absolute atomic E-state index is 0.147. The van der Waals surface area contributed by atoms with E-state index in [9.17, 15) is 4.79 Å². The monoisotopic (exact) mass is 271 g/mol. The number of unbranched alkanes of at least 4 members (excludes halogenated alkanes) is 1. The highest BCUT2D eigenvalue weighted by atomic mass is 16.2. The summed E-state index contributed by atoms with van der Waals surface area (Å²) in [4.78, 5) is 22.2. The van der Waals surface area contributed by atoms with Gasteiger partial charge in [0.2, 0.25) is 0 Å². The van der Waals surface area contributed by atoms with Crippen LogP contribution < -0.4 is 0 Å². The molecule has 0 spiro atoms. The normalized spacial score (nSPS) is 15.2. The standard InChI is InChI=1S/C16H21N3O/c1-2-3-6-15-17-13-8-7-12(11-14(13)18-15)16(20)19-9-4-5-10-19/h7-8,11H,2-6,9-10H2,1H3,(H,17,18). The fourth-order valence-corrected chi connectivity index (χ4v) is 2.76. The molecule has 1 aromatic heterocycles. The predicted molar refractivity (Wildman–Crippen MR) is 79.8 cm³/mol. The van der Waals surface area contributed by atoms with Crippen molar-refractivity contribution in [2.75, 3.05) is 13.1 Å². The number of likely N-dealkylation sites (tertiary alicyclic amines) is 1. The summed E-state index contributed by atoms with van der Waals surface area (Å²) in [6, 6.07) is 5.79. The van der Waals surface area contributed by atoms with Crippen LogP contribution in [-0.2, 0) is 6.42 Å². The van der Waals surface area contributed by atoms with Gasteiger partial charge >= 0.3 is 0 Å². The lowest BCUT2D eigenvalue weighted by atomic mass is 10.2. The number of nitrogens with zero attached hydrogens (tertiary/aromatic N) is 2. The van der Waals surface area contributed by atoms with E-state index in [4.69, 9.17) is 0 Å². The molecule has 0 aliphatic carbocycles. The largest absolute Gasteiger partial charge is 0.342 e. The molecule has 3 rings (SSSR count). The molecule has 2 heterocycles. The Labute approximate surface area is 119 Å². The Morgan fingerprint density at radius 3 is 2.90 bits per heavy atom. The van der Waals surface area contributed by atoms with Gasteiger partial charge in [-0.25, -0.2) is 4.98 Å². The van der Waals surface area contributed by atoms with Gasteiger partial charge in [0.1, 0.15) is 5.82 Å². The van der Waals surface area contributed by atoms with Crippen molar-refractivity contribution < 1.29 is 4.79 Å². The molecular weight excluding hydrogens is 250 g/mol. The van der Waals surface area contributed by atoms with Crippen molar-refractivity contribution in [3.05, 3.63) is 29.6 Å². The quantitative estimate of drug-likeness (QED) is 0.928. The molecule has 4 nitrogen and oxygen atoms in total. The van der Waals surface area contributed by atoms with Crippen LogP contribution in [0.2, 0.25) is 0 Å². The van der Waals surface area contributed by atoms with Crippen LogP contribution in [-0.4, -0.2) is 33.9 Å². The van der Waals surface area contributed by atoms with E-state index in [-0.39, 0.29) is 5.91 Å². The number of amides is 1. The second-order valence-corrected chi connectivity index (χ2v) is 5.52. The number of benzene rings is 1. The number of imidazole rings is 1. The molecule has 0 unspecified atom stereocenters. The van der Waals surface area contributed by atoms with Crippen LogP contribution in [0.15, 0.2) is 18.2 Å². The number of nitrogens with one attached hydrogen (secondary N) is 1. The maximum absolute atomic E-state index is 12.4. The molecule has 1 amide bonds. The van der Waals surface area contributed by atoms with Crippen molar-refractivity contribution in [1.82, 2.24) is 14.9 Å². The summed E-state index contributed by atoms with van der Waals surface area (Å²) in [5.74, 6) is 1.17. The van der Waals surface area contributed by atoms with E-state index in [2.05, 4.69) is 16.9 Å². The third kappa shape index (κ3) is 2.55. The SMILES string of the molecule is CCCCc1nc2ccc(C(=O)N3CCCC3)cc2[nH]1. The van der Waals surface area contributed by atoms with Crippen molar-refractivity contribution in [2.45, 2.75) is 39.0 Å². The highest BCUT2D eigenvalue weighted by Crippen LogP contribution is 2.18. The molecule has 1 aliphatic heterocycles. The highest BCUT2D eigenvalue weighted by Gasteiger charge is 2.19. The number of aryl methyl sites for hydroxylation is 1. The molecular formula is C16H21N3O. The molecule has 1 aliphatic rings. The molecule has 0 saturated carbocycles. The lowest BCUT2D eigenvalue weighted by Gasteiger charge is -2.14. The zero-order chi connectivity index (χ0) is 13.9. The van der Waals surface area contributed by atoms with Gasteiger partial charge in [0.15, 0.2) is 0 Å². The molecule has 0 radical (unpaired) electrons. The van der Waals surface area contributed by atoms with Crippen LogP contribution in [0.1, 0.15) is 48.8 Å². The molecule has 1 saturated heterocycles. The molecule has 0 bridgehead atoms. The lowest BCUT2D eigenvalue weighted by Crippen LogP contribution is -2.27. The van der Waals surface area contributed by atoms with E-state index in [1.54, 1.807) is 0 Å². The number of fused-ring (bicyclic) bond motifs is 1. The number of H-pyrrole nitrogens is 1. The minimum atomic E-state index is 0.147. The number of hydrogen-bond donors (Lipinski definition) is 1. The minimum Gasteiger partial charge on any atom is -0.342 e. The van der Waals surface area contributed by atoms with Gasteiger partial charge in [-0.2, -0.15) is 0 Å². The number of aromatic amines is 1. The first kappa shape index (κ1) is 13.2. The van der Waals surface area contributed by atoms with E-state index < -0.39 is 0 Å². The van der Waals surface area contributed by atoms with Gasteiger partial charge < -0.3 is 9.88 Å². The van der Waals surface area contributed by atoms with Gasteiger partial charge in [-0.15, -0.1) is 0 Å². The van der Waals surface area contributed by atoms with E-state index in [0.29, 0.717) is 0 Å². The average molecular weight is 271 g/mol. The van der Waals surface area contributed by atoms with Gasteiger partial charge in [0, 0.05) is 25.1 Å². The van der Waals surface area contributed by atoms with E-state index in [0.717, 1.165) is 67.6 Å². The smallest absolute Gasteiger partial charge is 0.253 e. The van der Waals surface area contributed by atoms with Gasteiger partial charge in [0.25, 0.3) is 5.91 Å². The fraction of sp³-hybridized carbons (Fsp3) is 0.500. The Bertz CT molecular complexity index is 611. The van der Waals surface area contributed by atoms with Crippen LogP contribution in [0, 0.1) is 0 Å².